The Balaban J connectivity index is 2.18. The lowest BCUT2D eigenvalue weighted by Crippen LogP contribution is -2.01. The third-order valence-corrected chi connectivity index (χ3v) is 4.57. The molecule has 102 valence electrons. The van der Waals surface area contributed by atoms with Crippen LogP contribution in [0.15, 0.2) is 36.4 Å². The number of benzene rings is 1. The lowest BCUT2D eigenvalue weighted by Gasteiger charge is -2.02. The zero-order valence-electron chi connectivity index (χ0n) is 10.6. The van der Waals surface area contributed by atoms with Crippen LogP contribution in [0.3, 0.4) is 0 Å². The molecule has 0 fully saturated rings. The number of rotatable bonds is 2. The maximum Gasteiger partial charge on any atom is 0.130 e. The fourth-order valence-corrected chi connectivity index (χ4v) is 3.50. The minimum absolute atomic E-state index is 0.601. The minimum Gasteiger partial charge on any atom is -0.383 e. The Bertz CT molecular complexity index is 762. The molecule has 0 saturated heterocycles. The van der Waals surface area contributed by atoms with E-state index in [0.29, 0.717) is 14.5 Å². The minimum atomic E-state index is 0.601. The molecule has 2 N–H and O–H groups in total. The molecule has 3 nitrogen and oxygen atoms in total. The molecule has 0 radical (unpaired) electrons. The van der Waals surface area contributed by atoms with Crippen molar-refractivity contribution in [3.05, 3.63) is 50.6 Å². The third-order valence-electron chi connectivity index (χ3n) is 3.08. The summed E-state index contributed by atoms with van der Waals surface area (Å²) in [5, 5.41) is 4.58. The molecule has 1 aromatic carbocycles. The molecule has 6 heteroatoms. The molecular weight excluding hydrogens is 313 g/mol. The van der Waals surface area contributed by atoms with E-state index < -0.39 is 0 Å². The van der Waals surface area contributed by atoms with Crippen LogP contribution in [0, 0.1) is 6.92 Å². The summed E-state index contributed by atoms with van der Waals surface area (Å²) in [5.41, 5.74) is 9.55. The summed E-state index contributed by atoms with van der Waals surface area (Å²) in [4.78, 5) is 0. The Kier molecular flexibility index (Phi) is 3.46. The highest BCUT2D eigenvalue weighted by Crippen LogP contribution is 2.40. The molecule has 0 amide bonds. The number of hydrogen-bond acceptors (Lipinski definition) is 3. The van der Waals surface area contributed by atoms with Gasteiger partial charge in [0.1, 0.15) is 15.8 Å². The molecule has 0 spiro atoms. The zero-order valence-corrected chi connectivity index (χ0v) is 12.9. The summed E-state index contributed by atoms with van der Waals surface area (Å²) < 4.78 is 2.97. The van der Waals surface area contributed by atoms with Crippen LogP contribution in [0.25, 0.3) is 16.9 Å². The van der Waals surface area contributed by atoms with Gasteiger partial charge >= 0.3 is 0 Å². The first-order valence-electron chi connectivity index (χ1n) is 5.93. The molecule has 2 aromatic heterocycles. The van der Waals surface area contributed by atoms with Crippen molar-refractivity contribution in [2.24, 2.45) is 0 Å². The Morgan fingerprint density at radius 3 is 2.50 bits per heavy atom. The van der Waals surface area contributed by atoms with Crippen molar-refractivity contribution in [3.8, 4) is 16.9 Å². The summed E-state index contributed by atoms with van der Waals surface area (Å²) >= 11 is 13.5. The van der Waals surface area contributed by atoms with Crippen molar-refractivity contribution >= 4 is 40.4 Å². The summed E-state index contributed by atoms with van der Waals surface area (Å²) in [6, 6.07) is 11.6. The van der Waals surface area contributed by atoms with Gasteiger partial charge in [-0.1, -0.05) is 41.4 Å². The van der Waals surface area contributed by atoms with E-state index in [4.69, 9.17) is 28.9 Å². The molecule has 20 heavy (non-hydrogen) atoms. The second kappa shape index (κ2) is 5.13. The van der Waals surface area contributed by atoms with Gasteiger partial charge in [0.05, 0.1) is 10.0 Å². The van der Waals surface area contributed by atoms with Crippen LogP contribution in [0.2, 0.25) is 8.67 Å². The SMILES string of the molecule is Cc1c(-c2cc(Cl)sc2Cl)nn(-c2ccccc2)c1N. The maximum atomic E-state index is 6.20. The summed E-state index contributed by atoms with van der Waals surface area (Å²) in [6.07, 6.45) is 0. The normalized spacial score (nSPS) is 10.9. The number of halogens is 2. The van der Waals surface area contributed by atoms with Crippen LogP contribution in [0.4, 0.5) is 5.82 Å². The van der Waals surface area contributed by atoms with Crippen LogP contribution in [0.5, 0.6) is 0 Å². The van der Waals surface area contributed by atoms with Crippen molar-refractivity contribution in [3.63, 3.8) is 0 Å². The number of hydrogen-bond donors (Lipinski definition) is 1. The van der Waals surface area contributed by atoms with Crippen LogP contribution >= 0.6 is 34.5 Å². The molecule has 0 bridgehead atoms. The second-order valence-corrected chi connectivity index (χ2v) is 6.63. The van der Waals surface area contributed by atoms with Gasteiger partial charge in [0.2, 0.25) is 0 Å². The summed E-state index contributed by atoms with van der Waals surface area (Å²) in [5.74, 6) is 0.601. The van der Waals surface area contributed by atoms with Crippen molar-refractivity contribution in [1.82, 2.24) is 9.78 Å². The van der Waals surface area contributed by atoms with E-state index >= 15 is 0 Å². The maximum absolute atomic E-state index is 6.20. The van der Waals surface area contributed by atoms with Gasteiger partial charge in [0.15, 0.2) is 0 Å². The number of thiophene rings is 1. The van der Waals surface area contributed by atoms with Gasteiger partial charge in [-0.3, -0.25) is 0 Å². The first-order chi connectivity index (χ1) is 9.58. The number of para-hydroxylation sites is 1. The van der Waals surface area contributed by atoms with Gasteiger partial charge in [0.25, 0.3) is 0 Å². The number of anilines is 1. The number of aromatic nitrogens is 2. The highest BCUT2D eigenvalue weighted by Gasteiger charge is 2.18. The molecule has 3 rings (SSSR count). The van der Waals surface area contributed by atoms with Crippen molar-refractivity contribution in [2.45, 2.75) is 6.92 Å². The zero-order chi connectivity index (χ0) is 14.3. The average Bonchev–Trinajstić information content (AvgIpc) is 2.92. The smallest absolute Gasteiger partial charge is 0.130 e. The van der Waals surface area contributed by atoms with Crippen LogP contribution < -0.4 is 5.73 Å². The lowest BCUT2D eigenvalue weighted by molar-refractivity contribution is 0.895. The Hall–Kier alpha value is -1.49. The lowest BCUT2D eigenvalue weighted by atomic mass is 10.1. The van der Waals surface area contributed by atoms with Gasteiger partial charge in [-0.25, -0.2) is 4.68 Å². The number of nitrogens with zero attached hydrogens (tertiary/aromatic N) is 2. The summed E-state index contributed by atoms with van der Waals surface area (Å²) in [7, 11) is 0. The molecule has 0 aliphatic rings. The quantitative estimate of drug-likeness (QED) is 0.736. The molecule has 0 unspecified atom stereocenters. The van der Waals surface area contributed by atoms with E-state index in [1.54, 1.807) is 4.68 Å². The fourth-order valence-electron chi connectivity index (χ4n) is 2.03. The van der Waals surface area contributed by atoms with Crippen LogP contribution in [0.1, 0.15) is 5.56 Å². The van der Waals surface area contributed by atoms with E-state index in [9.17, 15) is 0 Å². The molecule has 0 aliphatic carbocycles. The van der Waals surface area contributed by atoms with Crippen molar-refractivity contribution in [2.75, 3.05) is 5.73 Å². The molecule has 0 atom stereocenters. The molecular formula is C14H11Cl2N3S. The topological polar surface area (TPSA) is 43.8 Å². The Morgan fingerprint density at radius 1 is 1.20 bits per heavy atom. The fraction of sp³-hybridized carbons (Fsp3) is 0.0714. The van der Waals surface area contributed by atoms with Gasteiger partial charge in [-0.2, -0.15) is 5.10 Å². The largest absolute Gasteiger partial charge is 0.383 e. The highest BCUT2D eigenvalue weighted by molar-refractivity contribution is 7.20. The number of nitrogens with two attached hydrogens (primary N) is 1. The second-order valence-electron chi connectivity index (χ2n) is 4.34. The van der Waals surface area contributed by atoms with E-state index in [1.807, 2.05) is 43.3 Å². The number of nitrogen functional groups attached to an aromatic ring is 1. The monoisotopic (exact) mass is 323 g/mol. The first-order valence-corrected chi connectivity index (χ1v) is 7.51. The molecule has 3 aromatic rings. The Morgan fingerprint density at radius 2 is 1.90 bits per heavy atom. The van der Waals surface area contributed by atoms with Gasteiger partial charge in [-0.05, 0) is 25.1 Å². The predicted octanol–water partition coefficient (Wildman–Crippen LogP) is 4.80. The van der Waals surface area contributed by atoms with Gasteiger partial charge in [0, 0.05) is 11.1 Å². The van der Waals surface area contributed by atoms with E-state index in [0.717, 1.165) is 22.5 Å². The Labute approximate surface area is 130 Å². The van der Waals surface area contributed by atoms with Crippen LogP contribution in [-0.2, 0) is 0 Å². The predicted molar refractivity (Wildman–Crippen MR) is 86.0 cm³/mol. The van der Waals surface area contributed by atoms with Crippen LogP contribution in [-0.4, -0.2) is 9.78 Å². The van der Waals surface area contributed by atoms with E-state index in [-0.39, 0.29) is 0 Å². The van der Waals surface area contributed by atoms with E-state index in [1.165, 1.54) is 11.3 Å². The molecule has 0 aliphatic heterocycles. The van der Waals surface area contributed by atoms with Crippen molar-refractivity contribution < 1.29 is 0 Å². The molecule has 2 heterocycles. The third kappa shape index (κ3) is 2.20. The van der Waals surface area contributed by atoms with Gasteiger partial charge in [-0.15, -0.1) is 11.3 Å². The van der Waals surface area contributed by atoms with Gasteiger partial charge < -0.3 is 5.73 Å². The summed E-state index contributed by atoms with van der Waals surface area (Å²) in [6.45, 7) is 1.93. The standard InChI is InChI=1S/C14H11Cl2N3S/c1-8-12(10-7-11(15)20-13(10)16)18-19(14(8)17)9-5-3-2-4-6-9/h2-7H,17H2,1H3. The highest BCUT2D eigenvalue weighted by atomic mass is 35.5. The van der Waals surface area contributed by atoms with Crippen molar-refractivity contribution in [1.29, 1.82) is 0 Å². The van der Waals surface area contributed by atoms with E-state index in [2.05, 4.69) is 5.10 Å². The first kappa shape index (κ1) is 13.5. The average molecular weight is 324 g/mol. The molecule has 0 saturated carbocycles.